The Hall–Kier alpha value is -5.40. The second-order valence-electron chi connectivity index (χ2n) is 16.1. The van der Waals surface area contributed by atoms with Crippen LogP contribution in [0.4, 0.5) is 0 Å². The van der Waals surface area contributed by atoms with Gasteiger partial charge in [0.25, 0.3) is 0 Å². The van der Waals surface area contributed by atoms with Crippen LogP contribution < -0.4 is 155 Å². The van der Waals surface area contributed by atoms with E-state index in [-0.39, 0.29) is 155 Å². The molecule has 0 aliphatic rings. The van der Waals surface area contributed by atoms with Crippen molar-refractivity contribution in [2.45, 2.75) is 0 Å². The van der Waals surface area contributed by atoms with Gasteiger partial charge in [0, 0.05) is 0 Å². The Morgan fingerprint density at radius 3 is 0.214 bits per heavy atom. The molecule has 12 heteroatoms. The van der Waals surface area contributed by atoms with E-state index in [1.165, 1.54) is 42.8 Å². The first-order valence-electron chi connectivity index (χ1n) is 25.2. The largest absolute Gasteiger partial charge is 1.00 e. The van der Waals surface area contributed by atoms with E-state index in [0.717, 1.165) is 0 Å². The summed E-state index contributed by atoms with van der Waals surface area (Å²) in [7, 11) is 0. The van der Waals surface area contributed by atoms with E-state index in [0.29, 0.717) is 0 Å². The highest BCUT2D eigenvalue weighted by Crippen LogP contribution is 1.91. The minimum absolute atomic E-state index is 0. The summed E-state index contributed by atoms with van der Waals surface area (Å²) in [5.74, 6) is 0. The summed E-state index contributed by atoms with van der Waals surface area (Å²) >= 11 is 0.172. The number of benzene rings is 12. The van der Waals surface area contributed by atoms with Gasteiger partial charge in [-0.2, -0.15) is 0 Å². The van der Waals surface area contributed by atoms with Crippen LogP contribution in [0.15, 0.2) is 364 Å². The van der Waals surface area contributed by atoms with Crippen LogP contribution in [-0.4, -0.2) is 0 Å². The summed E-state index contributed by atoms with van der Waals surface area (Å²) in [6.45, 7) is 0. The Balaban J connectivity index is 0.000000497. The fraction of sp³-hybridized carbons (Fsp3) is 0. The van der Waals surface area contributed by atoms with Crippen molar-refractivity contribution < 1.29 is 155 Å². The minimum atomic E-state index is 0. The molecule has 0 amide bonds. The lowest BCUT2D eigenvalue weighted by atomic mass is 10.4. The Bertz CT molecular complexity index is 2520. The molecule has 0 aromatic heterocycles. The van der Waals surface area contributed by atoms with Gasteiger partial charge in [0.1, 0.15) is 0 Å². The highest BCUT2D eigenvalue weighted by molar-refractivity contribution is 5.08. The van der Waals surface area contributed by atoms with Crippen LogP contribution in [0.3, 0.4) is 0 Å². The monoisotopic (exact) mass is 1800 g/mol. The average Bonchev–Trinajstić information content (AvgIpc) is 3.56. The fourth-order valence-electron chi connectivity index (χ4n) is 6.49. The average molecular weight is 1800 g/mol. The minimum Gasteiger partial charge on any atom is -1.00 e. The number of rotatable bonds is 12. The second kappa shape index (κ2) is 48.8. The molecular weight excluding hydrogens is 1740 g/mol. The zero-order chi connectivity index (χ0) is 53.6. The maximum atomic E-state index is 2.21. The van der Waals surface area contributed by atoms with Gasteiger partial charge in [-0.15, -0.1) is 0 Å². The Labute approximate surface area is 555 Å². The molecule has 0 aliphatic carbocycles. The van der Waals surface area contributed by atoms with Crippen LogP contribution in [0.5, 0.6) is 0 Å². The molecule has 0 aliphatic heterocycles. The van der Waals surface area contributed by atoms with Crippen LogP contribution in [0.2, 0.25) is 0 Å². The highest BCUT2D eigenvalue weighted by Gasteiger charge is 2.17. The van der Waals surface area contributed by atoms with Crippen molar-refractivity contribution in [3.8, 4) is 0 Å². The first-order valence-corrected chi connectivity index (χ1v) is 38.1. The predicted octanol–water partition coefficient (Wildman–Crippen LogP) is -19.1. The van der Waals surface area contributed by atoms with Gasteiger partial charge in [0.2, 0.25) is 0 Å². The van der Waals surface area contributed by atoms with Crippen molar-refractivity contribution in [3.63, 3.8) is 0 Å². The predicted molar refractivity (Wildman–Crippen MR) is 302 cm³/mol. The van der Waals surface area contributed by atoms with E-state index in [4.69, 9.17) is 0 Å². The van der Waals surface area contributed by atoms with Crippen molar-refractivity contribution >= 4 is 0 Å². The van der Waals surface area contributed by atoms with Crippen molar-refractivity contribution in [1.82, 2.24) is 0 Å². The van der Waals surface area contributed by atoms with Crippen LogP contribution in [0.25, 0.3) is 0 Å². The Morgan fingerprint density at radius 2 is 0.155 bits per heavy atom. The normalized spacial score (nSPS) is 9.14. The third-order valence-electron chi connectivity index (χ3n) is 10.1. The van der Waals surface area contributed by atoms with Gasteiger partial charge in [-0.1, -0.05) is 218 Å². The number of hydrogen-bond acceptors (Lipinski definition) is 0. The molecule has 0 atom stereocenters. The summed E-state index contributed by atoms with van der Waals surface area (Å²) in [5.41, 5.74) is 0. The maximum Gasteiger partial charge on any atom is 0.357 e. The Kier molecular flexibility index (Phi) is 44.5. The second-order valence-corrected chi connectivity index (χ2v) is 34.3. The van der Waals surface area contributed by atoms with E-state index >= 15 is 0 Å². The van der Waals surface area contributed by atoms with E-state index in [2.05, 4.69) is 364 Å². The number of hydrogen-bond donors (Lipinski definition) is 0. The molecule has 0 saturated heterocycles. The lowest BCUT2D eigenvalue weighted by Crippen LogP contribution is -3.61. The summed E-state index contributed by atoms with van der Waals surface area (Å²) < 4.78 is 17.8. The molecule has 0 saturated carbocycles. The molecule has 0 bridgehead atoms. The smallest absolute Gasteiger partial charge is 0.357 e. The van der Waals surface area contributed by atoms with E-state index in [1.54, 1.807) is 0 Å². The van der Waals surface area contributed by atoms with Crippen LogP contribution >= 0.6 is 0 Å². The third-order valence-corrected chi connectivity index (χ3v) is 26.2. The summed E-state index contributed by atoms with van der Waals surface area (Å²) in [6, 6.07) is 128. The van der Waals surface area contributed by atoms with Crippen LogP contribution in [0, 0.1) is 42.8 Å². The molecule has 84 heavy (non-hydrogen) atoms. The van der Waals surface area contributed by atoms with Gasteiger partial charge in [-0.05, 0) is 146 Å². The molecule has 0 heterocycles. The van der Waals surface area contributed by atoms with Crippen LogP contribution in [0.1, 0.15) is 0 Å². The molecule has 0 N–H and O–H groups in total. The summed E-state index contributed by atoms with van der Waals surface area (Å²) in [5, 5.41) is 0. The van der Waals surface area contributed by atoms with E-state index < -0.39 is 0 Å². The quantitative estimate of drug-likeness (QED) is 0.0845. The molecule has 12 rings (SSSR count). The van der Waals surface area contributed by atoms with Crippen molar-refractivity contribution in [1.29, 1.82) is 0 Å². The van der Waals surface area contributed by atoms with Gasteiger partial charge in [-0.3, -0.25) is 0 Å². The molecule has 0 nitrogen and oxygen atoms in total. The first-order chi connectivity index (χ1) is 38.7. The van der Waals surface area contributed by atoms with Crippen LogP contribution in [-0.2, 0) is 0 Å². The summed E-state index contributed by atoms with van der Waals surface area (Å²) in [6.07, 6.45) is 0. The molecule has 0 unspecified atom stereocenters. The zero-order valence-electron chi connectivity index (χ0n) is 45.2. The first kappa shape index (κ1) is 76.6. The Morgan fingerprint density at radius 1 is 0.0952 bits per heavy atom. The molecule has 0 fully saturated rings. The molecule has 0 radical (unpaired) electrons. The molecular formula is C72H60F6I6. The zero-order valence-corrected chi connectivity index (χ0v) is 58.1. The van der Waals surface area contributed by atoms with Gasteiger partial charge >= 0.3 is 127 Å². The fourth-order valence-corrected chi connectivity index (χ4v) is 20.1. The standard InChI is InChI=1S/6C12H10I.6FH/c6*1-3-7-11(8-4-1)13-12-9-5-2-6-10-12;;;;;;/h6*1-10H;6*1H/q6*+1;;;;;;/p-6. The lowest BCUT2D eigenvalue weighted by Gasteiger charge is -1.84. The molecule has 12 aromatic carbocycles. The summed E-state index contributed by atoms with van der Waals surface area (Å²) in [4.78, 5) is 0. The highest BCUT2D eigenvalue weighted by atomic mass is 127. The van der Waals surface area contributed by atoms with Crippen molar-refractivity contribution in [2.24, 2.45) is 0 Å². The SMILES string of the molecule is [F-].[F-].[F-].[F-].[F-].[F-].c1ccc([I+]c2ccccc2)cc1.c1ccc([I+]c2ccccc2)cc1.c1ccc([I+]c2ccccc2)cc1.c1ccc([I+]c2ccccc2)cc1.c1ccc([I+]c2ccccc2)cc1.c1ccc([I+]c2ccccc2)cc1. The topological polar surface area (TPSA) is 0 Å². The van der Waals surface area contributed by atoms with Gasteiger partial charge in [0.05, 0.1) is 0 Å². The maximum absolute atomic E-state index is 2.21. The molecule has 0 spiro atoms. The van der Waals surface area contributed by atoms with E-state index in [1.807, 2.05) is 0 Å². The molecule has 12 aromatic rings. The lowest BCUT2D eigenvalue weighted by molar-refractivity contribution is -0.597. The van der Waals surface area contributed by atoms with Crippen molar-refractivity contribution in [3.05, 3.63) is 407 Å². The molecule has 432 valence electrons. The van der Waals surface area contributed by atoms with E-state index in [9.17, 15) is 0 Å². The van der Waals surface area contributed by atoms with Crippen molar-refractivity contribution in [2.75, 3.05) is 0 Å². The van der Waals surface area contributed by atoms with Gasteiger partial charge in [-0.25, -0.2) is 0 Å². The third kappa shape index (κ3) is 33.3. The van der Waals surface area contributed by atoms with Gasteiger partial charge in [0.15, 0.2) is 42.8 Å². The van der Waals surface area contributed by atoms with Gasteiger partial charge < -0.3 is 28.2 Å². The number of halogens is 12.